The second-order valence-corrected chi connectivity index (χ2v) is 11.0. The SMILES string of the molecule is N[C@@H]1CCCN(c2ccc(Nc3cc(-c4ccc(NC(=O)C5CCCCC5)cc4F)nc4cc[nH]c(=O)c34)nc2)C1. The Labute approximate surface area is 237 Å². The van der Waals surface area contributed by atoms with Gasteiger partial charge in [0.1, 0.15) is 11.6 Å². The zero-order valence-corrected chi connectivity index (χ0v) is 22.8. The topological polar surface area (TPSA) is 129 Å². The van der Waals surface area contributed by atoms with E-state index in [1.807, 2.05) is 12.1 Å². The number of nitrogens with one attached hydrogen (secondary N) is 3. The van der Waals surface area contributed by atoms with Crippen molar-refractivity contribution in [1.29, 1.82) is 0 Å². The molecule has 0 spiro atoms. The molecule has 3 aromatic heterocycles. The van der Waals surface area contributed by atoms with Crippen molar-refractivity contribution in [2.75, 3.05) is 28.6 Å². The molecule has 1 atom stereocenters. The lowest BCUT2D eigenvalue weighted by Gasteiger charge is -2.32. The number of aromatic amines is 1. The third kappa shape index (κ3) is 5.92. The lowest BCUT2D eigenvalue weighted by Crippen LogP contribution is -2.42. The summed E-state index contributed by atoms with van der Waals surface area (Å²) in [6.07, 6.45) is 10.4. The fraction of sp³-hybridized carbons (Fsp3) is 0.355. The van der Waals surface area contributed by atoms with Gasteiger partial charge < -0.3 is 26.3 Å². The highest BCUT2D eigenvalue weighted by atomic mass is 19.1. The number of carbonyl (C=O) groups excluding carboxylic acids is 1. The van der Waals surface area contributed by atoms with Gasteiger partial charge in [-0.15, -0.1) is 0 Å². The summed E-state index contributed by atoms with van der Waals surface area (Å²) in [7, 11) is 0. The van der Waals surface area contributed by atoms with Crippen LogP contribution in [-0.4, -0.2) is 40.0 Å². The molecule has 0 bridgehead atoms. The van der Waals surface area contributed by atoms with Crippen LogP contribution in [0.3, 0.4) is 0 Å². The smallest absolute Gasteiger partial charge is 0.259 e. The van der Waals surface area contributed by atoms with Gasteiger partial charge in [0.15, 0.2) is 0 Å². The fourth-order valence-corrected chi connectivity index (χ4v) is 5.87. The van der Waals surface area contributed by atoms with Crippen LogP contribution in [0.15, 0.2) is 59.7 Å². The van der Waals surface area contributed by atoms with Crippen molar-refractivity contribution >= 4 is 39.7 Å². The molecule has 4 aromatic rings. The molecule has 9 nitrogen and oxygen atoms in total. The van der Waals surface area contributed by atoms with Gasteiger partial charge in [-0.2, -0.15) is 0 Å². The van der Waals surface area contributed by atoms with Crippen molar-refractivity contribution in [2.24, 2.45) is 11.7 Å². The van der Waals surface area contributed by atoms with Gasteiger partial charge in [-0.3, -0.25) is 9.59 Å². The van der Waals surface area contributed by atoms with Crippen LogP contribution in [0.25, 0.3) is 22.2 Å². The monoisotopic (exact) mass is 555 g/mol. The van der Waals surface area contributed by atoms with E-state index in [0.29, 0.717) is 33.8 Å². The zero-order chi connectivity index (χ0) is 28.3. The van der Waals surface area contributed by atoms with Gasteiger partial charge >= 0.3 is 0 Å². The molecule has 1 aliphatic heterocycles. The largest absolute Gasteiger partial charge is 0.369 e. The summed E-state index contributed by atoms with van der Waals surface area (Å²) in [5.74, 6) is -0.0668. The van der Waals surface area contributed by atoms with Gasteiger partial charge in [0.25, 0.3) is 5.56 Å². The summed E-state index contributed by atoms with van der Waals surface area (Å²) < 4.78 is 15.4. The number of hydrogen-bond acceptors (Lipinski definition) is 7. The normalized spacial score (nSPS) is 17.9. The first-order valence-electron chi connectivity index (χ1n) is 14.3. The lowest BCUT2D eigenvalue weighted by atomic mass is 9.88. The Hall–Kier alpha value is -4.31. The van der Waals surface area contributed by atoms with Gasteiger partial charge in [-0.25, -0.2) is 14.4 Å². The Kier molecular flexibility index (Phi) is 7.65. The number of hydrogen-bond donors (Lipinski definition) is 4. The zero-order valence-electron chi connectivity index (χ0n) is 22.8. The molecular formula is C31H34FN7O2. The van der Waals surface area contributed by atoms with Crippen molar-refractivity contribution in [3.63, 3.8) is 0 Å². The average Bonchev–Trinajstić information content (AvgIpc) is 2.98. The second kappa shape index (κ2) is 11.7. The predicted molar refractivity (Wildman–Crippen MR) is 160 cm³/mol. The number of aromatic nitrogens is 3. The van der Waals surface area contributed by atoms with Gasteiger partial charge in [-0.1, -0.05) is 19.3 Å². The van der Waals surface area contributed by atoms with E-state index in [2.05, 4.69) is 30.5 Å². The highest BCUT2D eigenvalue weighted by molar-refractivity contribution is 5.95. The van der Waals surface area contributed by atoms with Crippen molar-refractivity contribution in [1.82, 2.24) is 15.0 Å². The minimum atomic E-state index is -0.517. The molecule has 41 heavy (non-hydrogen) atoms. The molecule has 5 N–H and O–H groups in total. The molecule has 1 aromatic carbocycles. The summed E-state index contributed by atoms with van der Waals surface area (Å²) in [5.41, 5.74) is 8.71. The summed E-state index contributed by atoms with van der Waals surface area (Å²) >= 11 is 0. The van der Waals surface area contributed by atoms with E-state index < -0.39 is 5.82 Å². The quantitative estimate of drug-likeness (QED) is 0.254. The van der Waals surface area contributed by atoms with Crippen LogP contribution in [-0.2, 0) is 4.79 Å². The summed E-state index contributed by atoms with van der Waals surface area (Å²) in [6.45, 7) is 1.72. The predicted octanol–water partition coefficient (Wildman–Crippen LogP) is 5.31. The highest BCUT2D eigenvalue weighted by Gasteiger charge is 2.22. The van der Waals surface area contributed by atoms with Crippen LogP contribution >= 0.6 is 0 Å². The standard InChI is InChI=1S/C31H34FN7O2/c32-24-15-21(36-30(40)19-5-2-1-3-6-19)8-10-23(24)26-16-27(29-25(37-26)12-13-34-31(29)41)38-28-11-9-22(17-35-28)39-14-4-7-20(33)18-39/h8-13,15-17,19-20H,1-7,14,18,33H2,(H,34,41)(H,36,40)(H,35,37,38)/t20-/m1/s1. The number of anilines is 4. The maximum atomic E-state index is 15.4. The molecular weight excluding hydrogens is 521 g/mol. The third-order valence-corrected chi connectivity index (χ3v) is 8.05. The van der Waals surface area contributed by atoms with E-state index in [-0.39, 0.29) is 29.0 Å². The van der Waals surface area contributed by atoms with Gasteiger partial charge in [0.2, 0.25) is 5.91 Å². The van der Waals surface area contributed by atoms with Crippen molar-refractivity contribution in [2.45, 2.75) is 51.0 Å². The molecule has 1 aliphatic carbocycles. The summed E-state index contributed by atoms with van der Waals surface area (Å²) in [6, 6.07) is 11.9. The molecule has 4 heterocycles. The first-order valence-corrected chi connectivity index (χ1v) is 14.3. The molecule has 10 heteroatoms. The number of piperidine rings is 1. The van der Waals surface area contributed by atoms with E-state index in [9.17, 15) is 9.59 Å². The van der Waals surface area contributed by atoms with E-state index in [1.165, 1.54) is 12.3 Å². The van der Waals surface area contributed by atoms with Crippen LogP contribution in [0.4, 0.5) is 27.3 Å². The maximum Gasteiger partial charge on any atom is 0.259 e. The molecule has 2 aliphatic rings. The van der Waals surface area contributed by atoms with Crippen molar-refractivity contribution < 1.29 is 9.18 Å². The minimum absolute atomic E-state index is 0.0273. The minimum Gasteiger partial charge on any atom is -0.369 e. The Morgan fingerprint density at radius 2 is 1.90 bits per heavy atom. The molecule has 0 radical (unpaired) electrons. The summed E-state index contributed by atoms with van der Waals surface area (Å²) in [4.78, 5) is 39.5. The lowest BCUT2D eigenvalue weighted by molar-refractivity contribution is -0.120. The van der Waals surface area contributed by atoms with E-state index in [1.54, 1.807) is 30.5 Å². The van der Waals surface area contributed by atoms with Gasteiger partial charge in [0, 0.05) is 42.5 Å². The first-order chi connectivity index (χ1) is 19.9. The number of nitrogens with two attached hydrogens (primary N) is 1. The van der Waals surface area contributed by atoms with E-state index in [4.69, 9.17) is 5.73 Å². The fourth-order valence-electron chi connectivity index (χ4n) is 5.87. The second-order valence-electron chi connectivity index (χ2n) is 11.0. The van der Waals surface area contributed by atoms with Gasteiger partial charge in [0.05, 0.1) is 34.2 Å². The molecule has 1 saturated heterocycles. The highest BCUT2D eigenvalue weighted by Crippen LogP contribution is 2.32. The van der Waals surface area contributed by atoms with E-state index >= 15 is 4.39 Å². The Bertz CT molecular complexity index is 1620. The van der Waals surface area contributed by atoms with Crippen LogP contribution in [0, 0.1) is 11.7 Å². The number of pyridine rings is 3. The van der Waals surface area contributed by atoms with Gasteiger partial charge in [-0.05, 0) is 68.1 Å². The molecule has 0 unspecified atom stereocenters. The van der Waals surface area contributed by atoms with E-state index in [0.717, 1.165) is 63.7 Å². The average molecular weight is 556 g/mol. The number of halogens is 1. The van der Waals surface area contributed by atoms with Crippen molar-refractivity contribution in [3.8, 4) is 11.3 Å². The number of amides is 1. The number of fused-ring (bicyclic) bond motifs is 1. The number of nitrogens with zero attached hydrogens (tertiary/aromatic N) is 3. The Balaban J connectivity index is 1.27. The molecule has 6 rings (SSSR count). The Morgan fingerprint density at radius 1 is 1.05 bits per heavy atom. The molecule has 1 amide bonds. The molecule has 2 fully saturated rings. The maximum absolute atomic E-state index is 15.4. The first kappa shape index (κ1) is 26.9. The third-order valence-electron chi connectivity index (χ3n) is 8.05. The number of carbonyl (C=O) groups is 1. The summed E-state index contributed by atoms with van der Waals surface area (Å²) in [5, 5.41) is 6.45. The van der Waals surface area contributed by atoms with Crippen molar-refractivity contribution in [3.05, 3.63) is 71.0 Å². The van der Waals surface area contributed by atoms with Crippen LogP contribution < -0.4 is 26.8 Å². The number of H-pyrrole nitrogens is 1. The molecule has 212 valence electrons. The van der Waals surface area contributed by atoms with Crippen LogP contribution in [0.1, 0.15) is 44.9 Å². The van der Waals surface area contributed by atoms with Crippen LogP contribution in [0.5, 0.6) is 0 Å². The number of benzene rings is 1. The molecule has 1 saturated carbocycles. The number of rotatable bonds is 6. The Morgan fingerprint density at radius 3 is 2.66 bits per heavy atom. The van der Waals surface area contributed by atoms with Crippen LogP contribution in [0.2, 0.25) is 0 Å².